The second-order valence-electron chi connectivity index (χ2n) is 7.94. The molecular weight excluding hydrogens is 416 g/mol. The summed E-state index contributed by atoms with van der Waals surface area (Å²) in [5.41, 5.74) is 4.25. The van der Waals surface area contributed by atoms with Crippen molar-refractivity contribution in [1.29, 1.82) is 0 Å². The number of nitrogens with zero attached hydrogens (tertiary/aromatic N) is 1. The Morgan fingerprint density at radius 2 is 1.84 bits per heavy atom. The average Bonchev–Trinajstić information content (AvgIpc) is 2.77. The van der Waals surface area contributed by atoms with Crippen molar-refractivity contribution in [3.8, 4) is 0 Å². The Morgan fingerprint density at radius 3 is 2.47 bits per heavy atom. The second-order valence-corrected chi connectivity index (χ2v) is 7.94. The summed E-state index contributed by atoms with van der Waals surface area (Å²) in [6, 6.07) is 9.73. The van der Waals surface area contributed by atoms with E-state index in [9.17, 15) is 29.7 Å². The molecule has 170 valence electrons. The van der Waals surface area contributed by atoms with Gasteiger partial charge in [-0.3, -0.25) is 19.4 Å². The number of benzene rings is 1. The number of amides is 3. The third-order valence-electron chi connectivity index (χ3n) is 5.51. The molecule has 32 heavy (non-hydrogen) atoms. The molecule has 0 spiro atoms. The third kappa shape index (κ3) is 5.47. The minimum absolute atomic E-state index is 0.115. The molecule has 5 atom stereocenters. The van der Waals surface area contributed by atoms with Gasteiger partial charge in [0.1, 0.15) is 17.7 Å². The highest BCUT2D eigenvalue weighted by Crippen LogP contribution is 2.30. The normalized spacial score (nSPS) is 26.0. The van der Waals surface area contributed by atoms with Crippen molar-refractivity contribution in [2.45, 2.75) is 49.2 Å². The van der Waals surface area contributed by atoms with Crippen molar-refractivity contribution < 1.29 is 29.7 Å². The molecule has 7 N–H and O–H groups in total. The number of carbonyl (C=O) groups excluding carboxylic acids is 3. The fraction of sp³-hybridized carbons (Fsp3) is 0.364. The first-order chi connectivity index (χ1) is 15.2. The van der Waals surface area contributed by atoms with E-state index in [-0.39, 0.29) is 18.4 Å². The average molecular weight is 442 g/mol. The van der Waals surface area contributed by atoms with Crippen LogP contribution < -0.4 is 16.4 Å². The highest BCUT2D eigenvalue weighted by molar-refractivity contribution is 5.94. The van der Waals surface area contributed by atoms with Gasteiger partial charge >= 0.3 is 0 Å². The fourth-order valence-corrected chi connectivity index (χ4v) is 3.74. The summed E-state index contributed by atoms with van der Waals surface area (Å²) in [6.45, 7) is 0. The van der Waals surface area contributed by atoms with Crippen LogP contribution in [0.15, 0.2) is 54.9 Å². The van der Waals surface area contributed by atoms with Crippen molar-refractivity contribution in [2.24, 2.45) is 5.73 Å². The van der Waals surface area contributed by atoms with Crippen molar-refractivity contribution in [2.75, 3.05) is 0 Å². The predicted octanol–water partition coefficient (Wildman–Crippen LogP) is -1.36. The molecule has 2 aromatic rings. The highest BCUT2D eigenvalue weighted by atomic mass is 16.3. The number of rotatable bonds is 7. The number of aromatic nitrogens is 1. The van der Waals surface area contributed by atoms with E-state index >= 15 is 0 Å². The van der Waals surface area contributed by atoms with Crippen LogP contribution in [0.25, 0.3) is 0 Å². The van der Waals surface area contributed by atoms with Crippen LogP contribution in [0.5, 0.6) is 0 Å². The topological polar surface area (TPSA) is 175 Å². The molecule has 0 bridgehead atoms. The van der Waals surface area contributed by atoms with Gasteiger partial charge in [0.25, 0.3) is 11.8 Å². The molecule has 0 radical (unpaired) electrons. The molecule has 1 saturated carbocycles. The molecule has 3 amide bonds. The molecule has 10 nitrogen and oxygen atoms in total. The molecule has 1 aliphatic rings. The Kier molecular flexibility index (Phi) is 7.18. The Hall–Kier alpha value is -3.34. The highest BCUT2D eigenvalue weighted by Gasteiger charge is 2.49. The largest absolute Gasteiger partial charge is 0.390 e. The van der Waals surface area contributed by atoms with Crippen molar-refractivity contribution in [3.05, 3.63) is 66.0 Å². The third-order valence-corrected chi connectivity index (χ3v) is 5.51. The summed E-state index contributed by atoms with van der Waals surface area (Å²) in [6.07, 6.45) is -0.815. The number of hydrogen-bond donors (Lipinski definition) is 6. The van der Waals surface area contributed by atoms with E-state index in [1.54, 1.807) is 36.4 Å². The first kappa shape index (κ1) is 23.3. The van der Waals surface area contributed by atoms with Gasteiger partial charge in [-0.05, 0) is 17.7 Å². The molecule has 0 saturated heterocycles. The zero-order valence-electron chi connectivity index (χ0n) is 17.2. The summed E-state index contributed by atoms with van der Waals surface area (Å²) in [7, 11) is 0. The molecule has 1 aliphatic carbocycles. The molecule has 1 heterocycles. The van der Waals surface area contributed by atoms with E-state index < -0.39 is 54.0 Å². The molecular formula is C22H26N4O6. The van der Waals surface area contributed by atoms with Crippen molar-refractivity contribution in [3.63, 3.8) is 0 Å². The molecule has 0 unspecified atom stereocenters. The maximum absolute atomic E-state index is 12.9. The lowest BCUT2D eigenvalue weighted by Gasteiger charge is -2.41. The molecule has 3 rings (SSSR count). The van der Waals surface area contributed by atoms with Crippen LogP contribution in [0.3, 0.4) is 0 Å². The summed E-state index contributed by atoms with van der Waals surface area (Å²) in [4.78, 5) is 41.0. The van der Waals surface area contributed by atoms with Gasteiger partial charge in [0.2, 0.25) is 5.91 Å². The number of primary amides is 1. The minimum Gasteiger partial charge on any atom is -0.390 e. The van der Waals surface area contributed by atoms with E-state index in [1.807, 2.05) is 0 Å². The summed E-state index contributed by atoms with van der Waals surface area (Å²) in [5, 5.41) is 36.5. The van der Waals surface area contributed by atoms with Crippen LogP contribution in [0.1, 0.15) is 28.8 Å². The summed E-state index contributed by atoms with van der Waals surface area (Å²) in [5.74, 6) is -2.30. The molecule has 10 heteroatoms. The van der Waals surface area contributed by atoms with Crippen LogP contribution in [0.2, 0.25) is 0 Å². The quantitative estimate of drug-likeness (QED) is 0.307. The van der Waals surface area contributed by atoms with Gasteiger partial charge in [0.15, 0.2) is 0 Å². The second kappa shape index (κ2) is 9.86. The standard InChI is InChI=1S/C22H26N4O6/c23-19(29)15(9-13-5-2-1-3-6-13)26-21(31)22(32)10-16(18(28)17(27)11-22)25-20(30)14-7-4-8-24-12-14/h1-8,12,15-18,27-28,32H,9-11H2,(H2,23,29)(H,25,30)(H,26,31)/t15-,16+,17-,18-,22-/m1/s1. The number of pyridine rings is 1. The first-order valence-electron chi connectivity index (χ1n) is 10.1. The Balaban J connectivity index is 1.72. The summed E-state index contributed by atoms with van der Waals surface area (Å²) >= 11 is 0. The monoisotopic (exact) mass is 442 g/mol. The number of hydrogen-bond acceptors (Lipinski definition) is 7. The van der Waals surface area contributed by atoms with Crippen LogP contribution in [0, 0.1) is 0 Å². The zero-order valence-corrected chi connectivity index (χ0v) is 17.2. The van der Waals surface area contributed by atoms with Gasteiger partial charge < -0.3 is 31.7 Å². The van der Waals surface area contributed by atoms with Crippen molar-refractivity contribution >= 4 is 17.7 Å². The number of aliphatic hydroxyl groups excluding tert-OH is 2. The predicted molar refractivity (Wildman–Crippen MR) is 113 cm³/mol. The van der Waals surface area contributed by atoms with Crippen LogP contribution in [0.4, 0.5) is 0 Å². The van der Waals surface area contributed by atoms with Gasteiger partial charge in [-0.1, -0.05) is 30.3 Å². The number of nitrogens with two attached hydrogens (primary N) is 1. The SMILES string of the molecule is NC(=O)[C@@H](Cc1ccccc1)NC(=O)[C@]1(O)C[C@@H](O)[C@H](O)[C@@H](NC(=O)c2cccnc2)C1. The minimum atomic E-state index is -2.14. The van der Waals surface area contributed by atoms with Gasteiger partial charge in [-0.25, -0.2) is 0 Å². The van der Waals surface area contributed by atoms with E-state index in [1.165, 1.54) is 18.5 Å². The van der Waals surface area contributed by atoms with E-state index in [0.29, 0.717) is 0 Å². The Bertz CT molecular complexity index is 957. The number of aliphatic hydroxyl groups is 3. The molecule has 0 aliphatic heterocycles. The van der Waals surface area contributed by atoms with Crippen LogP contribution in [-0.2, 0) is 16.0 Å². The van der Waals surface area contributed by atoms with E-state index in [4.69, 9.17) is 5.73 Å². The maximum atomic E-state index is 12.9. The number of carbonyl (C=O) groups is 3. The smallest absolute Gasteiger partial charge is 0.253 e. The Labute approximate surface area is 184 Å². The van der Waals surface area contributed by atoms with Crippen molar-refractivity contribution in [1.82, 2.24) is 15.6 Å². The lowest BCUT2D eigenvalue weighted by molar-refractivity contribution is -0.159. The van der Waals surface area contributed by atoms with Gasteiger partial charge in [-0.15, -0.1) is 0 Å². The zero-order chi connectivity index (χ0) is 23.3. The molecule has 1 aromatic heterocycles. The fourth-order valence-electron chi connectivity index (χ4n) is 3.74. The summed E-state index contributed by atoms with van der Waals surface area (Å²) < 4.78 is 0. The van der Waals surface area contributed by atoms with Crippen LogP contribution >= 0.6 is 0 Å². The maximum Gasteiger partial charge on any atom is 0.253 e. The lowest BCUT2D eigenvalue weighted by atomic mass is 9.77. The van der Waals surface area contributed by atoms with E-state index in [2.05, 4.69) is 15.6 Å². The first-order valence-corrected chi connectivity index (χ1v) is 10.1. The van der Waals surface area contributed by atoms with E-state index in [0.717, 1.165) is 5.56 Å². The van der Waals surface area contributed by atoms with Gasteiger partial charge in [0.05, 0.1) is 17.7 Å². The van der Waals surface area contributed by atoms with Gasteiger partial charge in [-0.2, -0.15) is 0 Å². The lowest BCUT2D eigenvalue weighted by Crippen LogP contribution is -2.64. The Morgan fingerprint density at radius 1 is 1.12 bits per heavy atom. The van der Waals surface area contributed by atoms with Gasteiger partial charge in [0, 0.05) is 31.7 Å². The van der Waals surface area contributed by atoms with Crippen LogP contribution in [-0.4, -0.2) is 67.9 Å². The number of nitrogens with one attached hydrogen (secondary N) is 2. The molecule has 1 aromatic carbocycles. The molecule has 1 fully saturated rings.